The molecular formula is C18H16N6O2S. The van der Waals surface area contributed by atoms with E-state index in [2.05, 4.69) is 26.9 Å². The van der Waals surface area contributed by atoms with Gasteiger partial charge in [0.25, 0.3) is 0 Å². The summed E-state index contributed by atoms with van der Waals surface area (Å²) in [7, 11) is 1.60. The molecule has 3 rings (SSSR count). The minimum Gasteiger partial charge on any atom is -0.497 e. The molecule has 1 unspecified atom stereocenters. The number of para-hydroxylation sites is 1. The topological polar surface area (TPSA) is 106 Å². The van der Waals surface area contributed by atoms with E-state index in [1.54, 1.807) is 55.1 Å². The summed E-state index contributed by atoms with van der Waals surface area (Å²) in [5.74, 6) is 0.483. The van der Waals surface area contributed by atoms with Gasteiger partial charge in [-0.1, -0.05) is 23.9 Å². The Morgan fingerprint density at radius 3 is 2.70 bits per heavy atom. The molecule has 3 aromatic rings. The van der Waals surface area contributed by atoms with E-state index in [0.29, 0.717) is 16.4 Å². The lowest BCUT2D eigenvalue weighted by atomic mass is 10.2. The number of anilines is 1. The summed E-state index contributed by atoms with van der Waals surface area (Å²) in [6.07, 6.45) is 0. The first-order valence-electron chi connectivity index (χ1n) is 8.02. The molecular weight excluding hydrogens is 364 g/mol. The predicted octanol–water partition coefficient (Wildman–Crippen LogP) is 2.66. The van der Waals surface area contributed by atoms with E-state index in [4.69, 9.17) is 10.00 Å². The molecule has 8 nitrogen and oxygen atoms in total. The highest BCUT2D eigenvalue weighted by Gasteiger charge is 2.20. The van der Waals surface area contributed by atoms with Crippen LogP contribution in [0.2, 0.25) is 0 Å². The molecule has 0 bridgehead atoms. The minimum atomic E-state index is -0.472. The van der Waals surface area contributed by atoms with E-state index >= 15 is 0 Å². The van der Waals surface area contributed by atoms with Crippen molar-refractivity contribution in [3.05, 3.63) is 54.1 Å². The van der Waals surface area contributed by atoms with Gasteiger partial charge in [-0.25, -0.2) is 0 Å². The number of methoxy groups -OCH3 is 1. The molecule has 1 amide bonds. The Bertz CT molecular complexity index is 980. The van der Waals surface area contributed by atoms with Crippen LogP contribution in [0.25, 0.3) is 5.69 Å². The lowest BCUT2D eigenvalue weighted by Gasteiger charge is -2.12. The smallest absolute Gasteiger partial charge is 0.237 e. The van der Waals surface area contributed by atoms with Crippen LogP contribution in [0.3, 0.4) is 0 Å². The fraction of sp³-hybridized carbons (Fsp3) is 0.167. The van der Waals surface area contributed by atoms with Gasteiger partial charge in [0, 0.05) is 0 Å². The number of carbonyl (C=O) groups is 1. The van der Waals surface area contributed by atoms with Gasteiger partial charge in [0.05, 0.1) is 29.3 Å². The average molecular weight is 380 g/mol. The number of ether oxygens (including phenoxy) is 1. The van der Waals surface area contributed by atoms with E-state index in [9.17, 15) is 4.79 Å². The molecule has 0 saturated carbocycles. The van der Waals surface area contributed by atoms with E-state index in [-0.39, 0.29) is 5.91 Å². The van der Waals surface area contributed by atoms with Gasteiger partial charge in [-0.15, -0.1) is 5.10 Å². The molecule has 9 heteroatoms. The van der Waals surface area contributed by atoms with Gasteiger partial charge in [0.15, 0.2) is 0 Å². The maximum Gasteiger partial charge on any atom is 0.237 e. The molecule has 0 aliphatic heterocycles. The Morgan fingerprint density at radius 2 is 2.00 bits per heavy atom. The first-order chi connectivity index (χ1) is 13.1. The SMILES string of the molecule is COc1ccc(-n2nnnc2SC(C)C(=O)Nc2ccccc2C#N)cc1. The Morgan fingerprint density at radius 1 is 1.26 bits per heavy atom. The van der Waals surface area contributed by atoms with Crippen molar-refractivity contribution in [2.24, 2.45) is 0 Å². The number of hydrogen-bond acceptors (Lipinski definition) is 7. The molecule has 0 fully saturated rings. The number of amides is 1. The van der Waals surface area contributed by atoms with Crippen molar-refractivity contribution in [3.8, 4) is 17.5 Å². The lowest BCUT2D eigenvalue weighted by molar-refractivity contribution is -0.115. The Hall–Kier alpha value is -3.38. The number of aromatic nitrogens is 4. The first-order valence-corrected chi connectivity index (χ1v) is 8.90. The molecule has 1 atom stereocenters. The van der Waals surface area contributed by atoms with Crippen molar-refractivity contribution >= 4 is 23.4 Å². The second-order valence-electron chi connectivity index (χ2n) is 5.48. The van der Waals surface area contributed by atoms with Crippen LogP contribution in [0, 0.1) is 11.3 Å². The summed E-state index contributed by atoms with van der Waals surface area (Å²) in [4.78, 5) is 12.5. The monoisotopic (exact) mass is 380 g/mol. The van der Waals surface area contributed by atoms with Crippen LogP contribution in [0.4, 0.5) is 5.69 Å². The third-order valence-corrected chi connectivity index (χ3v) is 4.75. The quantitative estimate of drug-likeness (QED) is 0.655. The summed E-state index contributed by atoms with van der Waals surface area (Å²) in [6, 6.07) is 16.2. The number of benzene rings is 2. The van der Waals surface area contributed by atoms with Gasteiger partial charge < -0.3 is 10.1 Å². The second-order valence-corrected chi connectivity index (χ2v) is 6.79. The zero-order valence-electron chi connectivity index (χ0n) is 14.7. The average Bonchev–Trinajstić information content (AvgIpc) is 3.16. The molecule has 0 saturated heterocycles. The van der Waals surface area contributed by atoms with Crippen molar-refractivity contribution in [1.29, 1.82) is 5.26 Å². The highest BCUT2D eigenvalue weighted by molar-refractivity contribution is 8.00. The number of tetrazole rings is 1. The van der Waals surface area contributed by atoms with Gasteiger partial charge in [-0.05, 0) is 53.7 Å². The van der Waals surface area contributed by atoms with Gasteiger partial charge in [0.2, 0.25) is 11.1 Å². The van der Waals surface area contributed by atoms with Gasteiger partial charge in [-0.2, -0.15) is 9.94 Å². The maximum atomic E-state index is 12.5. The number of nitriles is 1. The number of rotatable bonds is 6. The number of carbonyl (C=O) groups excluding carboxylic acids is 1. The van der Waals surface area contributed by atoms with Crippen LogP contribution in [0.5, 0.6) is 5.75 Å². The molecule has 1 N–H and O–H groups in total. The zero-order valence-corrected chi connectivity index (χ0v) is 15.5. The lowest BCUT2D eigenvalue weighted by Crippen LogP contribution is -2.23. The Kier molecular flexibility index (Phi) is 5.68. The zero-order chi connectivity index (χ0) is 19.2. The second kappa shape index (κ2) is 8.33. The summed E-state index contributed by atoms with van der Waals surface area (Å²) in [5.41, 5.74) is 1.64. The van der Waals surface area contributed by atoms with Crippen molar-refractivity contribution in [1.82, 2.24) is 20.2 Å². The highest BCUT2D eigenvalue weighted by Crippen LogP contribution is 2.25. The van der Waals surface area contributed by atoms with Gasteiger partial charge in [-0.3, -0.25) is 4.79 Å². The number of nitrogens with zero attached hydrogens (tertiary/aromatic N) is 5. The minimum absolute atomic E-state index is 0.244. The Labute approximate surface area is 160 Å². The summed E-state index contributed by atoms with van der Waals surface area (Å²) in [6.45, 7) is 1.75. The molecule has 1 heterocycles. The van der Waals surface area contributed by atoms with Crippen molar-refractivity contribution in [2.45, 2.75) is 17.3 Å². The third kappa shape index (κ3) is 4.24. The predicted molar refractivity (Wildman–Crippen MR) is 101 cm³/mol. The standard InChI is InChI=1S/C18H16N6O2S/c1-12(17(25)20-16-6-4-3-5-13(16)11-19)27-18-21-22-23-24(18)14-7-9-15(26-2)10-8-14/h3-10,12H,1-2H3,(H,20,25). The van der Waals surface area contributed by atoms with E-state index in [1.807, 2.05) is 12.1 Å². The normalized spacial score (nSPS) is 11.4. The van der Waals surface area contributed by atoms with Crippen LogP contribution >= 0.6 is 11.8 Å². The van der Waals surface area contributed by atoms with Crippen LogP contribution in [0.1, 0.15) is 12.5 Å². The van der Waals surface area contributed by atoms with Crippen LogP contribution in [-0.4, -0.2) is 38.5 Å². The van der Waals surface area contributed by atoms with Crippen molar-refractivity contribution in [3.63, 3.8) is 0 Å². The molecule has 1 aromatic heterocycles. The number of thioether (sulfide) groups is 1. The molecule has 136 valence electrons. The fourth-order valence-electron chi connectivity index (χ4n) is 2.27. The third-order valence-electron chi connectivity index (χ3n) is 3.71. The summed E-state index contributed by atoms with van der Waals surface area (Å²) in [5, 5.41) is 23.6. The van der Waals surface area contributed by atoms with Gasteiger partial charge >= 0.3 is 0 Å². The largest absolute Gasteiger partial charge is 0.497 e. The molecule has 0 aliphatic carbocycles. The van der Waals surface area contributed by atoms with Crippen molar-refractivity contribution < 1.29 is 9.53 Å². The van der Waals surface area contributed by atoms with E-state index in [0.717, 1.165) is 11.4 Å². The number of nitrogens with one attached hydrogen (secondary N) is 1. The maximum absolute atomic E-state index is 12.5. The Balaban J connectivity index is 1.73. The molecule has 0 aliphatic rings. The first kappa shape index (κ1) is 18.4. The molecule has 27 heavy (non-hydrogen) atoms. The summed E-state index contributed by atoms with van der Waals surface area (Å²) >= 11 is 1.22. The van der Waals surface area contributed by atoms with E-state index in [1.165, 1.54) is 11.8 Å². The number of hydrogen-bond donors (Lipinski definition) is 1. The fourth-order valence-corrected chi connectivity index (χ4v) is 3.08. The summed E-state index contributed by atoms with van der Waals surface area (Å²) < 4.78 is 6.70. The molecule has 0 spiro atoms. The molecule has 2 aromatic carbocycles. The van der Waals surface area contributed by atoms with Gasteiger partial charge in [0.1, 0.15) is 11.8 Å². The van der Waals surface area contributed by atoms with Crippen LogP contribution in [-0.2, 0) is 4.79 Å². The highest BCUT2D eigenvalue weighted by atomic mass is 32.2. The van der Waals surface area contributed by atoms with E-state index < -0.39 is 5.25 Å². The molecule has 0 radical (unpaired) electrons. The van der Waals surface area contributed by atoms with Crippen molar-refractivity contribution in [2.75, 3.05) is 12.4 Å². The van der Waals surface area contributed by atoms with Crippen LogP contribution < -0.4 is 10.1 Å². The van der Waals surface area contributed by atoms with Crippen LogP contribution in [0.15, 0.2) is 53.7 Å².